The number of ether oxygens (including phenoxy) is 2. The molecule has 0 bridgehead atoms. The van der Waals surface area contributed by atoms with Crippen LogP contribution >= 0.6 is 0 Å². The topological polar surface area (TPSA) is 103 Å². The number of rotatable bonds is 4. The van der Waals surface area contributed by atoms with Gasteiger partial charge in [-0.05, 0) is 18.9 Å². The van der Waals surface area contributed by atoms with Gasteiger partial charge >= 0.3 is 0 Å². The van der Waals surface area contributed by atoms with Crippen LogP contribution in [0.4, 0.5) is 0 Å². The number of nitrogens with one attached hydrogen (secondary N) is 1. The van der Waals surface area contributed by atoms with Crippen LogP contribution in [0, 0.1) is 0 Å². The molecule has 1 N–H and O–H groups in total. The summed E-state index contributed by atoms with van der Waals surface area (Å²) in [7, 11) is -1.52. The minimum Gasteiger partial charge on any atom is -0.377 e. The van der Waals surface area contributed by atoms with Crippen LogP contribution in [0.15, 0.2) is 12.3 Å². The number of aromatic nitrogens is 2. The molecule has 0 saturated carbocycles. The first-order valence-electron chi connectivity index (χ1n) is 8.25. The molecule has 1 aromatic heterocycles. The Morgan fingerprint density at radius 2 is 2.32 bits per heavy atom. The van der Waals surface area contributed by atoms with Gasteiger partial charge in [-0.3, -0.25) is 9.48 Å². The summed E-state index contributed by atoms with van der Waals surface area (Å²) in [6, 6.07) is 1.69. The molecular formula is C15H24N4O5S. The Morgan fingerprint density at radius 3 is 3.00 bits per heavy atom. The van der Waals surface area contributed by atoms with Gasteiger partial charge in [0.1, 0.15) is 11.3 Å². The molecule has 0 aromatic carbocycles. The average Bonchev–Trinajstić information content (AvgIpc) is 3.07. The lowest BCUT2D eigenvalue weighted by atomic mass is 10.00. The quantitative estimate of drug-likeness (QED) is 0.754. The largest absolute Gasteiger partial charge is 0.377 e. The summed E-state index contributed by atoms with van der Waals surface area (Å²) >= 11 is 0. The van der Waals surface area contributed by atoms with Crippen molar-refractivity contribution in [1.29, 1.82) is 0 Å². The number of sulfonamides is 1. The molecule has 2 fully saturated rings. The summed E-state index contributed by atoms with van der Waals surface area (Å²) in [4.78, 5) is 14.5. The first-order chi connectivity index (χ1) is 11.8. The standard InChI is InChI=1S/C15H24N4O5S/c1-18-13(4-6-16-18)14(20)19-7-8-23-11-15(10-19)5-3-12(24-15)9-17-25(2,21)22/h4,6,12,17H,3,5,7-11H2,1-2H3/t12-,15-/m1/s1. The third-order valence-corrected chi connectivity index (χ3v) is 5.28. The van der Waals surface area contributed by atoms with Crippen molar-refractivity contribution in [3.63, 3.8) is 0 Å². The molecule has 9 nitrogen and oxygen atoms in total. The van der Waals surface area contributed by atoms with Crippen LogP contribution in [-0.2, 0) is 26.5 Å². The van der Waals surface area contributed by atoms with Crippen LogP contribution in [0.2, 0.25) is 0 Å². The lowest BCUT2D eigenvalue weighted by Crippen LogP contribution is -2.47. The zero-order chi connectivity index (χ0) is 18.1. The van der Waals surface area contributed by atoms with Crippen LogP contribution in [0.25, 0.3) is 0 Å². The second kappa shape index (κ2) is 7.02. The van der Waals surface area contributed by atoms with E-state index in [9.17, 15) is 13.2 Å². The fourth-order valence-electron chi connectivity index (χ4n) is 3.33. The molecule has 3 heterocycles. The SMILES string of the molecule is Cn1nccc1C(=O)N1CCOC[C@@]2(CC[C@H](CNS(C)(=O)=O)O2)C1. The molecule has 1 aromatic rings. The Balaban J connectivity index is 1.68. The molecule has 2 saturated heterocycles. The highest BCUT2D eigenvalue weighted by Gasteiger charge is 2.44. The maximum absolute atomic E-state index is 12.8. The molecule has 0 radical (unpaired) electrons. The Hall–Kier alpha value is -1.49. The first kappa shape index (κ1) is 18.3. The van der Waals surface area contributed by atoms with Gasteiger partial charge in [-0.15, -0.1) is 0 Å². The summed E-state index contributed by atoms with van der Waals surface area (Å²) < 4.78 is 38.4. The van der Waals surface area contributed by atoms with E-state index in [2.05, 4.69) is 9.82 Å². The minimum atomic E-state index is -3.26. The third kappa shape index (κ3) is 4.38. The number of hydrogen-bond acceptors (Lipinski definition) is 6. The second-order valence-electron chi connectivity index (χ2n) is 6.70. The average molecular weight is 372 g/mol. The number of nitrogens with zero attached hydrogens (tertiary/aromatic N) is 3. The number of carbonyl (C=O) groups is 1. The van der Waals surface area contributed by atoms with Crippen LogP contribution in [-0.4, -0.2) is 79.8 Å². The predicted molar refractivity (Wildman–Crippen MR) is 89.6 cm³/mol. The maximum Gasteiger partial charge on any atom is 0.272 e. The molecule has 10 heteroatoms. The highest BCUT2D eigenvalue weighted by molar-refractivity contribution is 7.88. The Morgan fingerprint density at radius 1 is 1.52 bits per heavy atom. The summed E-state index contributed by atoms with van der Waals surface area (Å²) in [5.41, 5.74) is -0.0699. The van der Waals surface area contributed by atoms with E-state index in [1.807, 2.05) is 0 Å². The number of amides is 1. The van der Waals surface area contributed by atoms with Gasteiger partial charge in [-0.1, -0.05) is 0 Å². The molecule has 0 unspecified atom stereocenters. The van der Waals surface area contributed by atoms with Gasteiger partial charge < -0.3 is 14.4 Å². The fraction of sp³-hybridized carbons (Fsp3) is 0.733. The number of carbonyl (C=O) groups excluding carboxylic acids is 1. The van der Waals surface area contributed by atoms with Gasteiger partial charge in [0.25, 0.3) is 5.91 Å². The summed E-state index contributed by atoms with van der Waals surface area (Å²) in [5.74, 6) is -0.105. The number of hydrogen-bond donors (Lipinski definition) is 1. The molecule has 2 aliphatic rings. The molecule has 140 valence electrons. The normalized spacial score (nSPS) is 27.6. The van der Waals surface area contributed by atoms with E-state index in [0.29, 0.717) is 32.0 Å². The van der Waals surface area contributed by atoms with Crippen LogP contribution < -0.4 is 4.72 Å². The summed E-state index contributed by atoms with van der Waals surface area (Å²) in [5, 5.41) is 4.05. The molecule has 1 amide bonds. The van der Waals surface area contributed by atoms with Crippen molar-refractivity contribution in [2.45, 2.75) is 24.5 Å². The van der Waals surface area contributed by atoms with E-state index in [1.54, 1.807) is 28.9 Å². The number of aryl methyl sites for hydroxylation is 1. The molecule has 25 heavy (non-hydrogen) atoms. The summed E-state index contributed by atoms with van der Waals surface area (Å²) in [6.07, 6.45) is 3.94. The van der Waals surface area contributed by atoms with E-state index in [1.165, 1.54) is 0 Å². The Bertz CT molecular complexity index is 734. The Labute approximate surface area is 147 Å². The van der Waals surface area contributed by atoms with E-state index < -0.39 is 15.6 Å². The van der Waals surface area contributed by atoms with Crippen molar-refractivity contribution in [1.82, 2.24) is 19.4 Å². The van der Waals surface area contributed by atoms with Crippen molar-refractivity contribution >= 4 is 15.9 Å². The van der Waals surface area contributed by atoms with Gasteiger partial charge in [0, 0.05) is 26.3 Å². The van der Waals surface area contributed by atoms with Gasteiger partial charge in [0.2, 0.25) is 10.0 Å². The van der Waals surface area contributed by atoms with E-state index in [4.69, 9.17) is 9.47 Å². The van der Waals surface area contributed by atoms with Crippen molar-refractivity contribution in [3.8, 4) is 0 Å². The van der Waals surface area contributed by atoms with Crippen LogP contribution in [0.1, 0.15) is 23.3 Å². The van der Waals surface area contributed by atoms with Crippen molar-refractivity contribution < 1.29 is 22.7 Å². The molecule has 1 spiro atoms. The molecule has 2 atom stereocenters. The highest BCUT2D eigenvalue weighted by atomic mass is 32.2. The van der Waals surface area contributed by atoms with Crippen LogP contribution in [0.5, 0.6) is 0 Å². The fourth-order valence-corrected chi connectivity index (χ4v) is 3.82. The zero-order valence-corrected chi connectivity index (χ0v) is 15.3. The molecular weight excluding hydrogens is 348 g/mol. The highest BCUT2D eigenvalue weighted by Crippen LogP contribution is 2.33. The van der Waals surface area contributed by atoms with Crippen molar-refractivity contribution in [3.05, 3.63) is 18.0 Å². The zero-order valence-electron chi connectivity index (χ0n) is 14.5. The van der Waals surface area contributed by atoms with Crippen LogP contribution in [0.3, 0.4) is 0 Å². The minimum absolute atomic E-state index is 0.105. The van der Waals surface area contributed by atoms with Gasteiger partial charge in [-0.25, -0.2) is 13.1 Å². The molecule has 2 aliphatic heterocycles. The Kier molecular flexibility index (Phi) is 5.14. The van der Waals surface area contributed by atoms with E-state index >= 15 is 0 Å². The second-order valence-corrected chi connectivity index (χ2v) is 8.53. The maximum atomic E-state index is 12.8. The third-order valence-electron chi connectivity index (χ3n) is 4.59. The van der Waals surface area contributed by atoms with Gasteiger partial charge in [-0.2, -0.15) is 5.10 Å². The molecule has 3 rings (SSSR count). The van der Waals surface area contributed by atoms with Crippen molar-refractivity contribution in [2.24, 2.45) is 7.05 Å². The smallest absolute Gasteiger partial charge is 0.272 e. The lowest BCUT2D eigenvalue weighted by Gasteiger charge is -2.32. The monoisotopic (exact) mass is 372 g/mol. The summed E-state index contributed by atoms with van der Waals surface area (Å²) in [6.45, 7) is 1.99. The van der Waals surface area contributed by atoms with Gasteiger partial charge in [0.05, 0.1) is 32.1 Å². The van der Waals surface area contributed by atoms with E-state index in [0.717, 1.165) is 19.1 Å². The van der Waals surface area contributed by atoms with E-state index in [-0.39, 0.29) is 18.6 Å². The molecule has 0 aliphatic carbocycles. The van der Waals surface area contributed by atoms with Gasteiger partial charge in [0.15, 0.2) is 0 Å². The predicted octanol–water partition coefficient (Wildman–Crippen LogP) is -0.640. The lowest BCUT2D eigenvalue weighted by molar-refractivity contribution is -0.0819. The first-order valence-corrected chi connectivity index (χ1v) is 10.1. The van der Waals surface area contributed by atoms with Crippen molar-refractivity contribution in [2.75, 3.05) is 39.1 Å².